The number of unbranched alkanes of at least 4 members (excludes halogenated alkanes) is 14. The smallest absolute Gasteiger partial charge is 0.462 e. The van der Waals surface area contributed by atoms with E-state index in [0.29, 0.717) is 32.1 Å². The summed E-state index contributed by atoms with van der Waals surface area (Å²) in [7, 11) is -9.73. The highest BCUT2D eigenvalue weighted by Gasteiger charge is 2.28. The zero-order valence-corrected chi connectivity index (χ0v) is 38.1. The average Bonchev–Trinajstić information content (AvgIpc) is 3.20. The summed E-state index contributed by atoms with van der Waals surface area (Å²) >= 11 is 0. The van der Waals surface area contributed by atoms with Gasteiger partial charge < -0.3 is 29.3 Å². The van der Waals surface area contributed by atoms with Crippen LogP contribution in [0.2, 0.25) is 0 Å². The van der Waals surface area contributed by atoms with Crippen molar-refractivity contribution in [2.75, 3.05) is 26.4 Å². The second kappa shape index (κ2) is 39.3. The van der Waals surface area contributed by atoms with Crippen LogP contribution in [0.15, 0.2) is 60.8 Å². The summed E-state index contributed by atoms with van der Waals surface area (Å²) in [5.41, 5.74) is 0. The third-order valence-corrected chi connectivity index (χ3v) is 10.3. The van der Waals surface area contributed by atoms with Gasteiger partial charge in [-0.2, -0.15) is 0 Å². The molecule has 3 atom stereocenters. The molecule has 16 heteroatoms. The summed E-state index contributed by atoms with van der Waals surface area (Å²) < 4.78 is 47.6. The van der Waals surface area contributed by atoms with Crippen molar-refractivity contribution < 1.29 is 66.3 Å². The zero-order valence-electron chi connectivity index (χ0n) is 36.3. The summed E-state index contributed by atoms with van der Waals surface area (Å²) in [5.74, 6) is -1.12. The van der Waals surface area contributed by atoms with E-state index in [1.54, 1.807) is 12.2 Å². The van der Waals surface area contributed by atoms with Crippen LogP contribution in [-0.4, -0.2) is 76.1 Å². The fourth-order valence-corrected chi connectivity index (χ4v) is 6.62. The van der Waals surface area contributed by atoms with Crippen LogP contribution in [0.5, 0.6) is 0 Å². The monoisotopic (exact) mass is 890 g/mol. The molecule has 0 saturated heterocycles. The van der Waals surface area contributed by atoms with Crippen LogP contribution < -0.4 is 0 Å². The lowest BCUT2D eigenvalue weighted by atomic mass is 10.1. The number of phosphoric acid groups is 2. The number of carbonyl (C=O) groups excluding carboxylic acids is 3. The minimum absolute atomic E-state index is 0.0350. The van der Waals surface area contributed by atoms with Crippen molar-refractivity contribution in [2.24, 2.45) is 0 Å². The standard InChI is InChI=1S/C44H76O14P2/c1-3-5-7-9-11-12-13-14-15-16-17-18-19-20-22-26-30-34-43(47)54-38-42(39-57-60(52,53)56-37-41(46)36-55-59(49,50)51)58-44(48)35-31-27-23-25-29-33-40(45)32-28-24-21-10-8-6-4-2/h14-15,17-18,20-22,24,28,32,41-42,46H,3-13,16,19,23,25-27,29-31,33-39H2,1-2H3,(H,52,53)(H2,49,50,51)/b15-14-,18-17-,22-20-,24-21-,32-28+/t41-,42+/m0/s1. The topological polar surface area (TPSA) is 212 Å². The first-order valence-corrected chi connectivity index (χ1v) is 25.0. The summed E-state index contributed by atoms with van der Waals surface area (Å²) in [6.07, 6.45) is 37.6. The molecule has 0 radical (unpaired) electrons. The van der Waals surface area contributed by atoms with Crippen molar-refractivity contribution in [2.45, 2.75) is 174 Å². The molecule has 0 amide bonds. The molecule has 0 saturated carbocycles. The number of aliphatic hydroxyl groups is 1. The van der Waals surface area contributed by atoms with E-state index >= 15 is 0 Å². The van der Waals surface area contributed by atoms with Gasteiger partial charge >= 0.3 is 27.6 Å². The van der Waals surface area contributed by atoms with Gasteiger partial charge in [0.1, 0.15) is 12.7 Å². The molecular formula is C44H76O14P2. The van der Waals surface area contributed by atoms with Crippen LogP contribution in [0.4, 0.5) is 0 Å². The van der Waals surface area contributed by atoms with Gasteiger partial charge in [-0.25, -0.2) is 9.13 Å². The lowest BCUT2D eigenvalue weighted by Gasteiger charge is -2.20. The maximum atomic E-state index is 12.6. The SMILES string of the molecule is CCCCC/C=C\C=C\C(=O)CCCCCCCC(=O)O[C@H](COC(=O)CCC/C=C\C/C=C\C/C=C\CCCCCCCC)COP(=O)(O)OC[C@@H](O)COP(=O)(O)O. The molecule has 0 aromatic carbocycles. The van der Waals surface area contributed by atoms with Crippen LogP contribution in [0, 0.1) is 0 Å². The number of esters is 2. The first-order chi connectivity index (χ1) is 28.8. The number of hydrogen-bond acceptors (Lipinski definition) is 11. The van der Waals surface area contributed by atoms with Crippen molar-refractivity contribution in [1.29, 1.82) is 0 Å². The van der Waals surface area contributed by atoms with Crippen molar-refractivity contribution >= 4 is 33.4 Å². The van der Waals surface area contributed by atoms with Gasteiger partial charge in [-0.15, -0.1) is 0 Å². The quantitative estimate of drug-likeness (QED) is 0.0112. The number of ether oxygens (including phenoxy) is 2. The Morgan fingerprint density at radius 3 is 1.70 bits per heavy atom. The molecule has 0 aromatic heterocycles. The average molecular weight is 891 g/mol. The van der Waals surface area contributed by atoms with E-state index in [2.05, 4.69) is 53.3 Å². The molecule has 0 spiro atoms. The highest BCUT2D eigenvalue weighted by Crippen LogP contribution is 2.43. The zero-order chi connectivity index (χ0) is 44.6. The van der Waals surface area contributed by atoms with Crippen LogP contribution in [0.25, 0.3) is 0 Å². The minimum Gasteiger partial charge on any atom is -0.462 e. The molecule has 0 aromatic rings. The Balaban J connectivity index is 4.69. The number of rotatable bonds is 41. The van der Waals surface area contributed by atoms with Gasteiger partial charge in [0.15, 0.2) is 11.9 Å². The van der Waals surface area contributed by atoms with Crippen molar-refractivity contribution in [1.82, 2.24) is 0 Å². The predicted octanol–water partition coefficient (Wildman–Crippen LogP) is 10.4. The van der Waals surface area contributed by atoms with Crippen molar-refractivity contribution in [3.63, 3.8) is 0 Å². The van der Waals surface area contributed by atoms with E-state index in [9.17, 15) is 33.5 Å². The molecule has 0 aliphatic rings. The van der Waals surface area contributed by atoms with Crippen molar-refractivity contribution in [3.05, 3.63) is 60.8 Å². The molecule has 4 N–H and O–H groups in total. The molecule has 0 aliphatic carbocycles. The van der Waals surface area contributed by atoms with Crippen LogP contribution >= 0.6 is 15.6 Å². The number of aliphatic hydroxyl groups excluding tert-OH is 1. The van der Waals surface area contributed by atoms with E-state index in [0.717, 1.165) is 51.4 Å². The van der Waals surface area contributed by atoms with Gasteiger partial charge in [-0.05, 0) is 70.3 Å². The van der Waals surface area contributed by atoms with Gasteiger partial charge in [0.2, 0.25) is 0 Å². The Morgan fingerprint density at radius 1 is 0.533 bits per heavy atom. The molecule has 0 aliphatic heterocycles. The molecule has 0 rings (SSSR count). The number of ketones is 1. The Hall–Kier alpha value is -2.51. The molecule has 14 nitrogen and oxygen atoms in total. The summed E-state index contributed by atoms with van der Waals surface area (Å²) in [6.45, 7) is 1.50. The largest absolute Gasteiger partial charge is 0.472 e. The Morgan fingerprint density at radius 2 is 1.03 bits per heavy atom. The normalized spacial score (nSPS) is 14.5. The maximum Gasteiger partial charge on any atom is 0.472 e. The predicted molar refractivity (Wildman–Crippen MR) is 235 cm³/mol. The second-order valence-corrected chi connectivity index (χ2v) is 17.3. The van der Waals surface area contributed by atoms with Crippen LogP contribution in [-0.2, 0) is 46.6 Å². The van der Waals surface area contributed by atoms with Crippen molar-refractivity contribution in [3.8, 4) is 0 Å². The number of allylic oxidation sites excluding steroid dienone is 10. The fourth-order valence-electron chi connectivity index (χ4n) is 5.46. The fraction of sp³-hybridized carbons (Fsp3) is 0.705. The molecule has 0 heterocycles. The Bertz CT molecular complexity index is 1350. The highest BCUT2D eigenvalue weighted by atomic mass is 31.2. The minimum atomic E-state index is -4.88. The molecule has 0 fully saturated rings. The third kappa shape index (κ3) is 42.2. The number of phosphoric ester groups is 2. The van der Waals surface area contributed by atoms with Gasteiger partial charge in [0.25, 0.3) is 0 Å². The molecular weight excluding hydrogens is 814 g/mol. The van der Waals surface area contributed by atoms with E-state index in [-0.39, 0.29) is 18.6 Å². The Labute approximate surface area is 359 Å². The molecule has 60 heavy (non-hydrogen) atoms. The molecule has 1 unspecified atom stereocenters. The highest BCUT2D eigenvalue weighted by molar-refractivity contribution is 7.47. The van der Waals surface area contributed by atoms with Crippen LogP contribution in [0.1, 0.15) is 162 Å². The summed E-state index contributed by atoms with van der Waals surface area (Å²) in [5, 5.41) is 9.74. The lowest BCUT2D eigenvalue weighted by Crippen LogP contribution is -2.30. The molecule has 346 valence electrons. The van der Waals surface area contributed by atoms with Gasteiger partial charge in [-0.3, -0.25) is 28.0 Å². The van der Waals surface area contributed by atoms with Gasteiger partial charge in [-0.1, -0.05) is 133 Å². The number of carbonyl (C=O) groups is 3. The van der Waals surface area contributed by atoms with E-state index < -0.39 is 66.2 Å². The Kier molecular flexibility index (Phi) is 37.7. The van der Waals surface area contributed by atoms with Gasteiger partial charge in [0.05, 0.1) is 19.8 Å². The molecule has 0 bridgehead atoms. The van der Waals surface area contributed by atoms with E-state index in [1.807, 2.05) is 18.2 Å². The first-order valence-electron chi connectivity index (χ1n) is 21.9. The second-order valence-electron chi connectivity index (χ2n) is 14.6. The lowest BCUT2D eigenvalue weighted by molar-refractivity contribution is -0.161. The van der Waals surface area contributed by atoms with Gasteiger partial charge in [0, 0.05) is 19.3 Å². The third-order valence-electron chi connectivity index (χ3n) is 8.85. The summed E-state index contributed by atoms with van der Waals surface area (Å²) in [6, 6.07) is 0. The van der Waals surface area contributed by atoms with E-state index in [4.69, 9.17) is 23.8 Å². The maximum absolute atomic E-state index is 12.6. The first kappa shape index (κ1) is 57.5. The summed E-state index contributed by atoms with van der Waals surface area (Å²) in [4.78, 5) is 64.7. The van der Waals surface area contributed by atoms with E-state index in [1.165, 1.54) is 51.4 Å². The van der Waals surface area contributed by atoms with Crippen LogP contribution in [0.3, 0.4) is 0 Å². The number of hydrogen-bond donors (Lipinski definition) is 4.